The molecular weight excluding hydrogens is 391 g/mol. The molecule has 0 saturated carbocycles. The van der Waals surface area contributed by atoms with E-state index in [1.807, 2.05) is 0 Å². The molecule has 1 N–H and O–H groups in total. The summed E-state index contributed by atoms with van der Waals surface area (Å²) in [6.07, 6.45) is -1.21. The molecule has 1 aromatic rings. The highest BCUT2D eigenvalue weighted by Gasteiger charge is 2.64. The van der Waals surface area contributed by atoms with Crippen LogP contribution in [0.3, 0.4) is 0 Å². The summed E-state index contributed by atoms with van der Waals surface area (Å²) in [5.74, 6) is -2.16. The molecule has 1 heterocycles. The van der Waals surface area contributed by atoms with Gasteiger partial charge < -0.3 is 19.5 Å². The van der Waals surface area contributed by atoms with E-state index in [2.05, 4.69) is 5.32 Å². The van der Waals surface area contributed by atoms with E-state index in [0.717, 1.165) is 19.2 Å². The van der Waals surface area contributed by atoms with Gasteiger partial charge in [-0.25, -0.2) is 9.59 Å². The normalized spacial score (nSPS) is 21.7. The van der Waals surface area contributed by atoms with E-state index < -0.39 is 35.9 Å². The minimum atomic E-state index is -5.04. The first kappa shape index (κ1) is 22.9. The molecule has 0 bridgehead atoms. The number of hydrogen-bond donors (Lipinski definition) is 1. The molecule has 0 aromatic heterocycles. The zero-order valence-corrected chi connectivity index (χ0v) is 16.3. The van der Waals surface area contributed by atoms with Crippen LogP contribution < -0.4 is 5.32 Å². The number of carbonyl (C=O) groups is 2. The Kier molecular flexibility index (Phi) is 7.43. The number of ether oxygens (including phenoxy) is 3. The predicted molar refractivity (Wildman–Crippen MR) is 97.9 cm³/mol. The van der Waals surface area contributed by atoms with Crippen LogP contribution in [0.25, 0.3) is 0 Å². The number of halogens is 3. The molecule has 0 spiro atoms. The number of rotatable bonds is 8. The predicted octanol–water partition coefficient (Wildman–Crippen LogP) is 2.88. The fraction of sp³-hybridized carbons (Fsp3) is 0.500. The summed E-state index contributed by atoms with van der Waals surface area (Å²) in [6.45, 7) is 2.02. The number of esters is 2. The van der Waals surface area contributed by atoms with Crippen LogP contribution in [0.2, 0.25) is 0 Å². The van der Waals surface area contributed by atoms with Gasteiger partial charge in [-0.15, -0.1) is 0 Å². The number of alkyl halides is 3. The van der Waals surface area contributed by atoms with Gasteiger partial charge in [-0.3, -0.25) is 0 Å². The molecule has 1 aromatic carbocycles. The first-order chi connectivity index (χ1) is 13.7. The number of hydrogen-bond acceptors (Lipinski definition) is 6. The van der Waals surface area contributed by atoms with Crippen molar-refractivity contribution in [2.24, 2.45) is 0 Å². The van der Waals surface area contributed by atoms with Gasteiger partial charge in [0.25, 0.3) is 5.60 Å². The first-order valence-electron chi connectivity index (χ1n) is 9.16. The third-order valence-corrected chi connectivity index (χ3v) is 4.74. The van der Waals surface area contributed by atoms with Crippen molar-refractivity contribution < 1.29 is 37.0 Å². The van der Waals surface area contributed by atoms with E-state index in [1.54, 1.807) is 6.92 Å². The molecule has 1 saturated heterocycles. The maximum absolute atomic E-state index is 13.9. The molecular formula is C20H24F3NO5. The summed E-state index contributed by atoms with van der Waals surface area (Å²) in [4.78, 5) is 24.3. The Morgan fingerprint density at radius 1 is 1.21 bits per heavy atom. The Balaban J connectivity index is 2.26. The summed E-state index contributed by atoms with van der Waals surface area (Å²) in [7, 11) is 0.812. The highest BCUT2D eigenvalue weighted by molar-refractivity contribution is 5.83. The van der Waals surface area contributed by atoms with Crippen LogP contribution in [0.4, 0.5) is 13.2 Å². The highest BCUT2D eigenvalue weighted by Crippen LogP contribution is 2.43. The van der Waals surface area contributed by atoms with E-state index in [4.69, 9.17) is 14.2 Å². The Hall–Kier alpha value is -2.39. The van der Waals surface area contributed by atoms with Gasteiger partial charge in [0.2, 0.25) is 0 Å². The van der Waals surface area contributed by atoms with Crippen LogP contribution in [0.1, 0.15) is 25.3 Å². The molecule has 1 aliphatic rings. The maximum atomic E-state index is 13.9. The molecule has 9 heteroatoms. The van der Waals surface area contributed by atoms with Crippen LogP contribution in [0.15, 0.2) is 42.5 Å². The van der Waals surface area contributed by atoms with Crippen LogP contribution in [-0.4, -0.2) is 50.5 Å². The molecule has 29 heavy (non-hydrogen) atoms. The molecule has 2 rings (SSSR count). The average Bonchev–Trinajstić information content (AvgIpc) is 3.15. The van der Waals surface area contributed by atoms with Gasteiger partial charge >= 0.3 is 18.1 Å². The second-order valence-corrected chi connectivity index (χ2v) is 6.60. The lowest BCUT2D eigenvalue weighted by Gasteiger charge is -2.34. The Bertz CT molecular complexity index is 729. The van der Waals surface area contributed by atoms with Gasteiger partial charge in [0.15, 0.2) is 0 Å². The topological polar surface area (TPSA) is 73.9 Å². The summed E-state index contributed by atoms with van der Waals surface area (Å²) >= 11 is 0. The minimum Gasteiger partial charge on any atom is -0.463 e. The number of methoxy groups -OCH3 is 1. The van der Waals surface area contributed by atoms with Gasteiger partial charge in [0.1, 0.15) is 6.61 Å². The van der Waals surface area contributed by atoms with E-state index in [9.17, 15) is 22.8 Å². The van der Waals surface area contributed by atoms with Gasteiger partial charge in [0.05, 0.1) is 12.1 Å². The zero-order chi connectivity index (χ0) is 21.5. The van der Waals surface area contributed by atoms with Gasteiger partial charge in [0, 0.05) is 18.7 Å². The van der Waals surface area contributed by atoms with Crippen molar-refractivity contribution in [1.82, 2.24) is 5.32 Å². The van der Waals surface area contributed by atoms with Crippen molar-refractivity contribution in [3.63, 3.8) is 0 Å². The molecule has 0 radical (unpaired) electrons. The summed E-state index contributed by atoms with van der Waals surface area (Å²) in [5.41, 5.74) is -4.58. The standard InChI is InChI=1S/C20H24F3NO5/c1-3-28-16(25)10-12-18(11-7-13-24-18)14-29-17(26)19(27-2,20(21,22)23)15-8-5-4-6-9-15/h4-6,8-10,12,24H,3,7,11,13-14H2,1-2H3/b12-10+/t18-,19?/m1/s1. The second kappa shape index (κ2) is 9.41. The monoisotopic (exact) mass is 415 g/mol. The first-order valence-corrected chi connectivity index (χ1v) is 9.16. The van der Waals surface area contributed by atoms with Crippen LogP contribution in [0.5, 0.6) is 0 Å². The Morgan fingerprint density at radius 2 is 1.90 bits per heavy atom. The molecule has 1 fully saturated rings. The highest BCUT2D eigenvalue weighted by atomic mass is 19.4. The lowest BCUT2D eigenvalue weighted by atomic mass is 9.92. The van der Waals surface area contributed by atoms with Crippen LogP contribution in [-0.2, 0) is 29.4 Å². The van der Waals surface area contributed by atoms with E-state index in [-0.39, 0.29) is 12.2 Å². The Morgan fingerprint density at radius 3 is 2.41 bits per heavy atom. The van der Waals surface area contributed by atoms with Crippen LogP contribution >= 0.6 is 0 Å². The molecule has 2 atom stereocenters. The average molecular weight is 415 g/mol. The van der Waals surface area contributed by atoms with Crippen molar-refractivity contribution in [3.8, 4) is 0 Å². The lowest BCUT2D eigenvalue weighted by molar-refractivity contribution is -0.276. The second-order valence-electron chi connectivity index (χ2n) is 6.60. The van der Waals surface area contributed by atoms with Gasteiger partial charge in [-0.1, -0.05) is 36.4 Å². The number of benzene rings is 1. The van der Waals surface area contributed by atoms with Crippen molar-refractivity contribution in [1.29, 1.82) is 0 Å². The van der Waals surface area contributed by atoms with Crippen molar-refractivity contribution in [2.75, 3.05) is 26.9 Å². The molecule has 0 amide bonds. The number of carbonyl (C=O) groups excluding carboxylic acids is 2. The quantitative estimate of drug-likeness (QED) is 0.520. The van der Waals surface area contributed by atoms with Crippen molar-refractivity contribution in [2.45, 2.75) is 37.1 Å². The summed E-state index contributed by atoms with van der Waals surface area (Å²) < 4.78 is 56.4. The smallest absolute Gasteiger partial charge is 0.432 e. The third kappa shape index (κ3) is 4.97. The van der Waals surface area contributed by atoms with Crippen molar-refractivity contribution >= 4 is 11.9 Å². The molecule has 160 valence electrons. The lowest BCUT2D eigenvalue weighted by Crippen LogP contribution is -2.53. The Labute approximate surface area is 167 Å². The zero-order valence-electron chi connectivity index (χ0n) is 16.3. The van der Waals surface area contributed by atoms with Gasteiger partial charge in [-0.05, 0) is 26.3 Å². The van der Waals surface area contributed by atoms with E-state index in [0.29, 0.717) is 19.4 Å². The van der Waals surface area contributed by atoms with E-state index >= 15 is 0 Å². The fourth-order valence-corrected chi connectivity index (χ4v) is 3.24. The summed E-state index contributed by atoms with van der Waals surface area (Å²) in [5, 5.41) is 3.08. The largest absolute Gasteiger partial charge is 0.463 e. The van der Waals surface area contributed by atoms with Gasteiger partial charge in [-0.2, -0.15) is 13.2 Å². The van der Waals surface area contributed by atoms with Crippen LogP contribution in [0, 0.1) is 0 Å². The molecule has 6 nitrogen and oxygen atoms in total. The molecule has 1 unspecified atom stereocenters. The minimum absolute atomic E-state index is 0.192. The fourth-order valence-electron chi connectivity index (χ4n) is 3.24. The molecule has 1 aliphatic heterocycles. The maximum Gasteiger partial charge on any atom is 0.432 e. The SMILES string of the molecule is CCOC(=O)/C=C/[C@@]1(COC(=O)C(OC)(c2ccccc2)C(F)(F)F)CCCN1. The number of nitrogens with one attached hydrogen (secondary N) is 1. The molecule has 0 aliphatic carbocycles. The van der Waals surface area contributed by atoms with Crippen molar-refractivity contribution in [3.05, 3.63) is 48.0 Å². The third-order valence-electron chi connectivity index (χ3n) is 4.74. The summed E-state index contributed by atoms with van der Waals surface area (Å²) in [6, 6.07) is 6.60. The van der Waals surface area contributed by atoms with E-state index in [1.165, 1.54) is 30.4 Å².